The van der Waals surface area contributed by atoms with Gasteiger partial charge < -0.3 is 20.1 Å². The summed E-state index contributed by atoms with van der Waals surface area (Å²) >= 11 is 0. The summed E-state index contributed by atoms with van der Waals surface area (Å²) in [6.07, 6.45) is 2.89. The number of anilines is 1. The molecule has 2 N–H and O–H groups in total. The predicted molar refractivity (Wildman–Crippen MR) is 68.9 cm³/mol. The van der Waals surface area contributed by atoms with Crippen LogP contribution in [-0.2, 0) is 0 Å². The molecule has 0 aromatic heterocycles. The van der Waals surface area contributed by atoms with E-state index in [1.807, 2.05) is 0 Å². The van der Waals surface area contributed by atoms with Crippen LogP contribution in [0.1, 0.15) is 19.3 Å². The van der Waals surface area contributed by atoms with Crippen molar-refractivity contribution in [2.75, 3.05) is 25.9 Å². The van der Waals surface area contributed by atoms with Crippen LogP contribution in [0, 0.1) is 0 Å². The zero-order valence-electron chi connectivity index (χ0n) is 10.5. The second kappa shape index (κ2) is 5.62. The molecule has 0 aliphatic carbocycles. The molecule has 0 saturated carbocycles. The number of nitrogens with two attached hydrogens (primary N) is 1. The average molecular weight is 250 g/mol. The van der Waals surface area contributed by atoms with Crippen LogP contribution in [0.2, 0.25) is 0 Å². The maximum atomic E-state index is 11.9. The Bertz CT molecular complexity index is 428. The fraction of sp³-hybridized carbons (Fsp3) is 0.462. The molecule has 18 heavy (non-hydrogen) atoms. The van der Waals surface area contributed by atoms with Crippen LogP contribution in [0.4, 0.5) is 10.5 Å². The van der Waals surface area contributed by atoms with Gasteiger partial charge in [-0.05, 0) is 31.4 Å². The van der Waals surface area contributed by atoms with Crippen molar-refractivity contribution in [2.24, 2.45) is 0 Å². The fourth-order valence-corrected chi connectivity index (χ4v) is 2.03. The molecule has 1 heterocycles. The average Bonchev–Trinajstić information content (AvgIpc) is 2.42. The number of nitrogens with zero attached hydrogens (tertiary/aromatic N) is 1. The monoisotopic (exact) mass is 250 g/mol. The van der Waals surface area contributed by atoms with Crippen molar-refractivity contribution in [3.63, 3.8) is 0 Å². The normalized spacial score (nSPS) is 15.3. The summed E-state index contributed by atoms with van der Waals surface area (Å²) in [7, 11) is 1.53. The van der Waals surface area contributed by atoms with Crippen LogP contribution in [0.25, 0.3) is 0 Å². The Labute approximate surface area is 106 Å². The van der Waals surface area contributed by atoms with Crippen LogP contribution in [-0.4, -0.2) is 31.2 Å². The lowest BCUT2D eigenvalue weighted by Gasteiger charge is -2.25. The zero-order valence-corrected chi connectivity index (χ0v) is 10.5. The Kier molecular flexibility index (Phi) is 3.92. The SMILES string of the molecule is COc1cccc(OC(=O)N2CCCCC2)c1N. The highest BCUT2D eigenvalue weighted by atomic mass is 16.6. The van der Waals surface area contributed by atoms with Crippen molar-refractivity contribution in [1.82, 2.24) is 4.90 Å². The standard InChI is InChI=1S/C13H18N2O3/c1-17-10-6-5-7-11(12(10)14)18-13(16)15-8-3-2-4-9-15/h5-7H,2-4,8-9,14H2,1H3. The van der Waals surface area contributed by atoms with E-state index in [1.165, 1.54) is 13.5 Å². The third-order valence-corrected chi connectivity index (χ3v) is 3.06. The molecule has 0 radical (unpaired) electrons. The number of carbonyl (C=O) groups excluding carboxylic acids is 1. The minimum Gasteiger partial charge on any atom is -0.494 e. The largest absolute Gasteiger partial charge is 0.494 e. The third kappa shape index (κ3) is 2.67. The molecule has 5 nitrogen and oxygen atoms in total. The molecule has 1 aliphatic rings. The molecule has 98 valence electrons. The first-order chi connectivity index (χ1) is 8.72. The second-order valence-electron chi connectivity index (χ2n) is 4.29. The quantitative estimate of drug-likeness (QED) is 0.818. The Balaban J connectivity index is 2.06. The smallest absolute Gasteiger partial charge is 0.415 e. The van der Waals surface area contributed by atoms with Crippen molar-refractivity contribution in [1.29, 1.82) is 0 Å². The number of likely N-dealkylation sites (tertiary alicyclic amines) is 1. The number of nitrogen functional groups attached to an aromatic ring is 1. The number of rotatable bonds is 2. The number of ether oxygens (including phenoxy) is 2. The van der Waals surface area contributed by atoms with Crippen LogP contribution in [0.15, 0.2) is 18.2 Å². The molecule has 1 saturated heterocycles. The van der Waals surface area contributed by atoms with Crippen molar-refractivity contribution in [3.05, 3.63) is 18.2 Å². The first-order valence-corrected chi connectivity index (χ1v) is 6.11. The number of hydrogen-bond donors (Lipinski definition) is 1. The molecule has 1 aromatic rings. The summed E-state index contributed by atoms with van der Waals surface area (Å²) < 4.78 is 10.4. The zero-order chi connectivity index (χ0) is 13.0. The highest BCUT2D eigenvalue weighted by Gasteiger charge is 2.19. The highest BCUT2D eigenvalue weighted by molar-refractivity contribution is 5.74. The predicted octanol–water partition coefficient (Wildman–Crippen LogP) is 2.26. The van der Waals surface area contributed by atoms with Gasteiger partial charge in [0.05, 0.1) is 7.11 Å². The number of amides is 1. The van der Waals surface area contributed by atoms with Gasteiger partial charge in [0.1, 0.15) is 11.4 Å². The number of piperidine rings is 1. The van der Waals surface area contributed by atoms with Crippen molar-refractivity contribution < 1.29 is 14.3 Å². The Morgan fingerprint density at radius 3 is 2.56 bits per heavy atom. The van der Waals surface area contributed by atoms with Crippen LogP contribution >= 0.6 is 0 Å². The van der Waals surface area contributed by atoms with Gasteiger partial charge >= 0.3 is 6.09 Å². The number of hydrogen-bond acceptors (Lipinski definition) is 4. The summed E-state index contributed by atoms with van der Waals surface area (Å²) in [6.45, 7) is 1.51. The van der Waals surface area contributed by atoms with Crippen molar-refractivity contribution in [3.8, 4) is 11.5 Å². The van der Waals surface area contributed by atoms with E-state index in [1.54, 1.807) is 23.1 Å². The van der Waals surface area contributed by atoms with Gasteiger partial charge in [0.2, 0.25) is 0 Å². The number of para-hydroxylation sites is 1. The van der Waals surface area contributed by atoms with Crippen LogP contribution in [0.5, 0.6) is 11.5 Å². The minimum atomic E-state index is -0.338. The molecule has 1 fully saturated rings. The van der Waals surface area contributed by atoms with Gasteiger partial charge in [-0.25, -0.2) is 4.79 Å². The molecular formula is C13H18N2O3. The van der Waals surface area contributed by atoms with Crippen molar-refractivity contribution in [2.45, 2.75) is 19.3 Å². The lowest BCUT2D eigenvalue weighted by molar-refractivity contribution is 0.142. The topological polar surface area (TPSA) is 64.8 Å². The number of carbonyl (C=O) groups is 1. The van der Waals surface area contributed by atoms with E-state index >= 15 is 0 Å². The Morgan fingerprint density at radius 1 is 1.22 bits per heavy atom. The van der Waals surface area contributed by atoms with E-state index in [0.29, 0.717) is 17.2 Å². The third-order valence-electron chi connectivity index (χ3n) is 3.06. The first kappa shape index (κ1) is 12.5. The lowest BCUT2D eigenvalue weighted by atomic mass is 10.1. The van der Waals surface area contributed by atoms with Gasteiger partial charge in [0.15, 0.2) is 5.75 Å². The molecule has 0 spiro atoms. The minimum absolute atomic E-state index is 0.338. The Hall–Kier alpha value is -1.91. The highest BCUT2D eigenvalue weighted by Crippen LogP contribution is 2.31. The van der Waals surface area contributed by atoms with E-state index in [0.717, 1.165) is 25.9 Å². The number of benzene rings is 1. The van der Waals surface area contributed by atoms with Crippen LogP contribution < -0.4 is 15.2 Å². The van der Waals surface area contributed by atoms with Gasteiger partial charge in [-0.3, -0.25) is 0 Å². The van der Waals surface area contributed by atoms with E-state index in [2.05, 4.69) is 0 Å². The lowest BCUT2D eigenvalue weighted by Crippen LogP contribution is -2.37. The van der Waals surface area contributed by atoms with Gasteiger partial charge in [-0.2, -0.15) is 0 Å². The van der Waals surface area contributed by atoms with Gasteiger partial charge in [0, 0.05) is 13.1 Å². The molecule has 2 rings (SSSR count). The fourth-order valence-electron chi connectivity index (χ4n) is 2.03. The van der Waals surface area contributed by atoms with E-state index in [-0.39, 0.29) is 6.09 Å². The van der Waals surface area contributed by atoms with Gasteiger partial charge in [0.25, 0.3) is 0 Å². The molecule has 0 atom stereocenters. The van der Waals surface area contributed by atoms with Gasteiger partial charge in [-0.1, -0.05) is 6.07 Å². The summed E-state index contributed by atoms with van der Waals surface area (Å²) in [5, 5.41) is 0. The maximum Gasteiger partial charge on any atom is 0.415 e. The van der Waals surface area contributed by atoms with Gasteiger partial charge in [-0.15, -0.1) is 0 Å². The van der Waals surface area contributed by atoms with Crippen molar-refractivity contribution >= 4 is 11.8 Å². The molecule has 0 bridgehead atoms. The number of methoxy groups -OCH3 is 1. The molecule has 1 amide bonds. The molecule has 0 unspecified atom stereocenters. The summed E-state index contributed by atoms with van der Waals surface area (Å²) in [6, 6.07) is 5.14. The van der Waals surface area contributed by atoms with E-state index < -0.39 is 0 Å². The summed E-state index contributed by atoms with van der Waals surface area (Å²) in [5.41, 5.74) is 6.20. The summed E-state index contributed by atoms with van der Waals surface area (Å²) in [4.78, 5) is 13.6. The Morgan fingerprint density at radius 2 is 1.89 bits per heavy atom. The second-order valence-corrected chi connectivity index (χ2v) is 4.29. The molecule has 5 heteroatoms. The molecule has 1 aliphatic heterocycles. The van der Waals surface area contributed by atoms with E-state index in [4.69, 9.17) is 15.2 Å². The first-order valence-electron chi connectivity index (χ1n) is 6.11. The van der Waals surface area contributed by atoms with Crippen LogP contribution in [0.3, 0.4) is 0 Å². The maximum absolute atomic E-state index is 11.9. The summed E-state index contributed by atoms with van der Waals surface area (Å²) in [5.74, 6) is 0.865. The van der Waals surface area contributed by atoms with E-state index in [9.17, 15) is 4.79 Å². The molecule has 1 aromatic carbocycles. The molecular weight excluding hydrogens is 232 g/mol.